The maximum absolute atomic E-state index is 12.0. The first kappa shape index (κ1) is 12.5. The van der Waals surface area contributed by atoms with Crippen molar-refractivity contribution in [2.24, 2.45) is 0 Å². The molecular weight excluding hydrogens is 224 g/mol. The van der Waals surface area contributed by atoms with Crippen LogP contribution in [0, 0.1) is 0 Å². The summed E-state index contributed by atoms with van der Waals surface area (Å²) in [6, 6.07) is 8.18. The van der Waals surface area contributed by atoms with Gasteiger partial charge in [0.15, 0.2) is 0 Å². The zero-order valence-corrected chi connectivity index (χ0v) is 9.57. The van der Waals surface area contributed by atoms with Crippen molar-refractivity contribution in [2.45, 2.75) is 37.8 Å². The monoisotopic (exact) mass is 241 g/mol. The SMILES string of the molecule is OC(CNCc1cccc(C2CC2)c1)C(F)F. The number of alkyl halides is 2. The van der Waals surface area contributed by atoms with E-state index in [0.717, 1.165) is 5.56 Å². The summed E-state index contributed by atoms with van der Waals surface area (Å²) in [7, 11) is 0. The van der Waals surface area contributed by atoms with E-state index in [1.165, 1.54) is 18.4 Å². The minimum atomic E-state index is -2.68. The van der Waals surface area contributed by atoms with Crippen molar-refractivity contribution in [3.05, 3.63) is 35.4 Å². The van der Waals surface area contributed by atoms with E-state index < -0.39 is 12.5 Å². The molecule has 0 bridgehead atoms. The van der Waals surface area contributed by atoms with Gasteiger partial charge in [-0.25, -0.2) is 8.78 Å². The minimum Gasteiger partial charge on any atom is -0.386 e. The van der Waals surface area contributed by atoms with Crippen LogP contribution in [0.25, 0.3) is 0 Å². The molecule has 1 unspecified atom stereocenters. The molecular formula is C13H17F2NO. The molecule has 2 nitrogen and oxygen atoms in total. The molecule has 0 radical (unpaired) electrons. The van der Waals surface area contributed by atoms with Gasteiger partial charge in [-0.3, -0.25) is 0 Å². The molecule has 2 N–H and O–H groups in total. The van der Waals surface area contributed by atoms with Crippen LogP contribution in [-0.2, 0) is 6.54 Å². The van der Waals surface area contributed by atoms with Crippen LogP contribution in [0.2, 0.25) is 0 Å². The number of rotatable bonds is 6. The van der Waals surface area contributed by atoms with Crippen molar-refractivity contribution in [3.8, 4) is 0 Å². The molecule has 94 valence electrons. The Balaban J connectivity index is 1.80. The van der Waals surface area contributed by atoms with E-state index in [2.05, 4.69) is 17.4 Å². The van der Waals surface area contributed by atoms with Gasteiger partial charge in [0.2, 0.25) is 0 Å². The summed E-state index contributed by atoms with van der Waals surface area (Å²) in [5.41, 5.74) is 2.41. The third kappa shape index (κ3) is 3.75. The second-order valence-electron chi connectivity index (χ2n) is 4.55. The van der Waals surface area contributed by atoms with Gasteiger partial charge in [0.25, 0.3) is 6.43 Å². The summed E-state index contributed by atoms with van der Waals surface area (Å²) >= 11 is 0. The molecule has 0 heterocycles. The Morgan fingerprint density at radius 2 is 2.12 bits per heavy atom. The first-order valence-electron chi connectivity index (χ1n) is 5.92. The quantitative estimate of drug-likeness (QED) is 0.800. The average Bonchev–Trinajstić information content (AvgIpc) is 3.13. The Morgan fingerprint density at radius 3 is 2.76 bits per heavy atom. The van der Waals surface area contributed by atoms with Crippen molar-refractivity contribution in [2.75, 3.05) is 6.54 Å². The third-order valence-electron chi connectivity index (χ3n) is 2.97. The molecule has 1 fully saturated rings. The third-order valence-corrected chi connectivity index (χ3v) is 2.97. The largest absolute Gasteiger partial charge is 0.386 e. The Labute approximate surface area is 99.7 Å². The zero-order valence-electron chi connectivity index (χ0n) is 9.57. The second-order valence-corrected chi connectivity index (χ2v) is 4.55. The minimum absolute atomic E-state index is 0.0781. The summed E-state index contributed by atoms with van der Waals surface area (Å²) in [6.45, 7) is 0.440. The van der Waals surface area contributed by atoms with E-state index in [9.17, 15) is 8.78 Å². The Bertz CT molecular complexity index is 366. The molecule has 0 saturated heterocycles. The smallest absolute Gasteiger partial charge is 0.265 e. The summed E-state index contributed by atoms with van der Waals surface area (Å²) < 4.78 is 24.1. The van der Waals surface area contributed by atoms with Gasteiger partial charge in [-0.2, -0.15) is 0 Å². The average molecular weight is 241 g/mol. The molecule has 0 aromatic heterocycles. The summed E-state index contributed by atoms with van der Waals surface area (Å²) in [6.07, 6.45) is -1.76. The first-order valence-corrected chi connectivity index (χ1v) is 5.92. The zero-order chi connectivity index (χ0) is 12.3. The molecule has 0 amide bonds. The van der Waals surface area contributed by atoms with Gasteiger partial charge >= 0.3 is 0 Å². The summed E-state index contributed by atoms with van der Waals surface area (Å²) in [5.74, 6) is 0.696. The normalized spacial score (nSPS) is 17.4. The van der Waals surface area contributed by atoms with E-state index in [1.807, 2.05) is 12.1 Å². The maximum atomic E-state index is 12.0. The van der Waals surface area contributed by atoms with Crippen molar-refractivity contribution in [1.29, 1.82) is 0 Å². The van der Waals surface area contributed by atoms with Crippen LogP contribution in [0.3, 0.4) is 0 Å². The predicted octanol–water partition coefficient (Wildman–Crippen LogP) is 2.28. The topological polar surface area (TPSA) is 32.3 Å². The summed E-state index contributed by atoms with van der Waals surface area (Å²) in [5, 5.41) is 11.8. The Morgan fingerprint density at radius 1 is 1.35 bits per heavy atom. The van der Waals surface area contributed by atoms with Crippen molar-refractivity contribution in [3.63, 3.8) is 0 Å². The highest BCUT2D eigenvalue weighted by Crippen LogP contribution is 2.40. The van der Waals surface area contributed by atoms with Crippen LogP contribution in [0.1, 0.15) is 29.9 Å². The number of hydrogen-bond acceptors (Lipinski definition) is 2. The highest BCUT2D eigenvalue weighted by Gasteiger charge is 2.23. The first-order chi connectivity index (χ1) is 8.16. The van der Waals surface area contributed by atoms with Crippen molar-refractivity contribution >= 4 is 0 Å². The van der Waals surface area contributed by atoms with Gasteiger partial charge in [0, 0.05) is 13.1 Å². The van der Waals surface area contributed by atoms with Crippen LogP contribution >= 0.6 is 0 Å². The predicted molar refractivity (Wildman–Crippen MR) is 62.1 cm³/mol. The number of aliphatic hydroxyl groups is 1. The lowest BCUT2D eigenvalue weighted by Crippen LogP contribution is -2.31. The van der Waals surface area contributed by atoms with E-state index in [1.54, 1.807) is 0 Å². The Kier molecular flexibility index (Phi) is 4.07. The second kappa shape index (κ2) is 5.56. The number of nitrogens with one attached hydrogen (secondary N) is 1. The van der Waals surface area contributed by atoms with E-state index in [4.69, 9.17) is 5.11 Å². The van der Waals surface area contributed by atoms with E-state index in [-0.39, 0.29) is 6.54 Å². The lowest BCUT2D eigenvalue weighted by atomic mass is 10.1. The van der Waals surface area contributed by atoms with Crippen LogP contribution in [0.5, 0.6) is 0 Å². The fourth-order valence-corrected chi connectivity index (χ4v) is 1.83. The standard InChI is InChI=1S/C13H17F2NO/c14-13(15)12(17)8-16-7-9-2-1-3-11(6-9)10-4-5-10/h1-3,6,10,12-13,16-17H,4-5,7-8H2. The molecule has 4 heteroatoms. The van der Waals surface area contributed by atoms with Gasteiger partial charge < -0.3 is 10.4 Å². The van der Waals surface area contributed by atoms with Crippen molar-refractivity contribution < 1.29 is 13.9 Å². The fourth-order valence-electron chi connectivity index (χ4n) is 1.83. The van der Waals surface area contributed by atoms with E-state index in [0.29, 0.717) is 12.5 Å². The van der Waals surface area contributed by atoms with Gasteiger partial charge in [0.1, 0.15) is 6.10 Å². The fraction of sp³-hybridized carbons (Fsp3) is 0.538. The molecule has 1 saturated carbocycles. The van der Waals surface area contributed by atoms with Crippen LogP contribution in [0.15, 0.2) is 24.3 Å². The van der Waals surface area contributed by atoms with Gasteiger partial charge in [-0.1, -0.05) is 24.3 Å². The molecule has 1 aromatic carbocycles. The summed E-state index contributed by atoms with van der Waals surface area (Å²) in [4.78, 5) is 0. The Hall–Kier alpha value is -1.00. The van der Waals surface area contributed by atoms with Crippen LogP contribution in [0.4, 0.5) is 8.78 Å². The number of aliphatic hydroxyl groups excluding tert-OH is 1. The van der Waals surface area contributed by atoms with Crippen LogP contribution < -0.4 is 5.32 Å². The van der Waals surface area contributed by atoms with Gasteiger partial charge in [-0.15, -0.1) is 0 Å². The number of hydrogen-bond donors (Lipinski definition) is 2. The van der Waals surface area contributed by atoms with Crippen LogP contribution in [-0.4, -0.2) is 24.2 Å². The van der Waals surface area contributed by atoms with Gasteiger partial charge in [-0.05, 0) is 29.9 Å². The molecule has 2 rings (SSSR count). The van der Waals surface area contributed by atoms with E-state index >= 15 is 0 Å². The molecule has 1 atom stereocenters. The number of halogens is 2. The molecule has 1 aromatic rings. The van der Waals surface area contributed by atoms with Gasteiger partial charge in [0.05, 0.1) is 0 Å². The highest BCUT2D eigenvalue weighted by atomic mass is 19.3. The molecule has 1 aliphatic rings. The lowest BCUT2D eigenvalue weighted by Gasteiger charge is -2.11. The highest BCUT2D eigenvalue weighted by molar-refractivity contribution is 5.29. The molecule has 0 aliphatic heterocycles. The maximum Gasteiger partial charge on any atom is 0.265 e. The number of benzene rings is 1. The molecule has 1 aliphatic carbocycles. The lowest BCUT2D eigenvalue weighted by molar-refractivity contribution is -0.00340. The molecule has 17 heavy (non-hydrogen) atoms. The van der Waals surface area contributed by atoms with Crippen molar-refractivity contribution in [1.82, 2.24) is 5.32 Å². The molecule has 0 spiro atoms.